The van der Waals surface area contributed by atoms with E-state index in [1.165, 1.54) is 0 Å². The van der Waals surface area contributed by atoms with Gasteiger partial charge in [-0.1, -0.05) is 30.3 Å². The van der Waals surface area contributed by atoms with Gasteiger partial charge in [0.05, 0.1) is 6.54 Å². The van der Waals surface area contributed by atoms with E-state index in [0.29, 0.717) is 6.54 Å². The number of carboxylic acid groups (broad SMARTS) is 1. The summed E-state index contributed by atoms with van der Waals surface area (Å²) < 4.78 is 5.72. The van der Waals surface area contributed by atoms with Gasteiger partial charge < -0.3 is 9.84 Å². The molecule has 1 N–H and O–H groups in total. The Kier molecular flexibility index (Phi) is 7.43. The molecule has 0 amide bonds. The summed E-state index contributed by atoms with van der Waals surface area (Å²) in [6.45, 7) is 0.778. The molecule has 0 heterocycles. The number of carboxylic acids is 1. The van der Waals surface area contributed by atoms with Crippen molar-refractivity contribution in [3.63, 3.8) is 0 Å². The molecule has 0 aliphatic rings. The third-order valence-electron chi connectivity index (χ3n) is 3.09. The Morgan fingerprint density at radius 1 is 1.05 bits per heavy atom. The summed E-state index contributed by atoms with van der Waals surface area (Å²) in [5.41, 5.74) is 1.16. The van der Waals surface area contributed by atoms with Crippen molar-refractivity contribution < 1.29 is 14.6 Å². The molecule has 4 nitrogen and oxygen atoms in total. The van der Waals surface area contributed by atoms with E-state index in [4.69, 9.17) is 9.84 Å². The number of hydrogen-bond donors (Lipinski definition) is 1. The SMILES string of the molecule is CN(CCc1ccc(Oc2ccccc2)cc1)CC(=O)O.Cl. The van der Waals surface area contributed by atoms with Crippen molar-refractivity contribution in [2.75, 3.05) is 20.1 Å². The van der Waals surface area contributed by atoms with Crippen molar-refractivity contribution in [3.8, 4) is 11.5 Å². The average Bonchev–Trinajstić information content (AvgIpc) is 2.47. The molecule has 0 bridgehead atoms. The van der Waals surface area contributed by atoms with Crippen LogP contribution in [0.2, 0.25) is 0 Å². The molecule has 0 aromatic heterocycles. The zero-order chi connectivity index (χ0) is 15.1. The van der Waals surface area contributed by atoms with Crippen molar-refractivity contribution in [2.24, 2.45) is 0 Å². The lowest BCUT2D eigenvalue weighted by Gasteiger charge is -2.13. The number of benzene rings is 2. The highest BCUT2D eigenvalue weighted by Crippen LogP contribution is 2.21. The number of aliphatic carboxylic acids is 1. The van der Waals surface area contributed by atoms with Gasteiger partial charge in [-0.15, -0.1) is 12.4 Å². The first-order valence-corrected chi connectivity index (χ1v) is 6.85. The van der Waals surface area contributed by atoms with Crippen LogP contribution < -0.4 is 4.74 Å². The molecule has 22 heavy (non-hydrogen) atoms. The third-order valence-corrected chi connectivity index (χ3v) is 3.09. The van der Waals surface area contributed by atoms with Gasteiger partial charge in [0.1, 0.15) is 11.5 Å². The van der Waals surface area contributed by atoms with Crippen LogP contribution in [0.5, 0.6) is 11.5 Å². The number of rotatable bonds is 7. The Bertz CT molecular complexity index is 572. The summed E-state index contributed by atoms with van der Waals surface area (Å²) in [7, 11) is 1.81. The van der Waals surface area contributed by atoms with E-state index in [9.17, 15) is 4.79 Å². The standard InChI is InChI=1S/C17H19NO3.ClH/c1-18(13-17(19)20)12-11-14-7-9-16(10-8-14)21-15-5-3-2-4-6-15;/h2-10H,11-13H2,1H3,(H,19,20);1H. The molecular formula is C17H20ClNO3. The molecule has 0 fully saturated rings. The van der Waals surface area contributed by atoms with Crippen molar-refractivity contribution >= 4 is 18.4 Å². The Morgan fingerprint density at radius 3 is 2.23 bits per heavy atom. The van der Waals surface area contributed by atoms with Crippen molar-refractivity contribution in [1.82, 2.24) is 4.90 Å². The number of likely N-dealkylation sites (N-methyl/N-ethyl adjacent to an activating group) is 1. The summed E-state index contributed by atoms with van der Waals surface area (Å²) in [6.07, 6.45) is 0.815. The van der Waals surface area contributed by atoms with Gasteiger partial charge in [-0.3, -0.25) is 9.69 Å². The molecule has 0 aliphatic carbocycles. The minimum absolute atomic E-state index is 0. The molecule has 2 aromatic rings. The summed E-state index contributed by atoms with van der Waals surface area (Å²) in [5, 5.41) is 8.70. The van der Waals surface area contributed by atoms with E-state index in [-0.39, 0.29) is 19.0 Å². The van der Waals surface area contributed by atoms with Gasteiger partial charge in [0.25, 0.3) is 0 Å². The number of ether oxygens (including phenoxy) is 1. The van der Waals surface area contributed by atoms with Crippen molar-refractivity contribution in [1.29, 1.82) is 0 Å². The number of hydrogen-bond acceptors (Lipinski definition) is 3. The topological polar surface area (TPSA) is 49.8 Å². The van der Waals surface area contributed by atoms with Gasteiger partial charge in [-0.05, 0) is 43.3 Å². The van der Waals surface area contributed by atoms with Crippen molar-refractivity contribution in [2.45, 2.75) is 6.42 Å². The van der Waals surface area contributed by atoms with Crippen LogP contribution in [-0.2, 0) is 11.2 Å². The van der Waals surface area contributed by atoms with Gasteiger partial charge in [-0.2, -0.15) is 0 Å². The second kappa shape index (κ2) is 9.07. The summed E-state index contributed by atoms with van der Waals surface area (Å²) in [6, 6.07) is 17.5. The van der Waals surface area contributed by atoms with Gasteiger partial charge in [0.15, 0.2) is 0 Å². The fraction of sp³-hybridized carbons (Fsp3) is 0.235. The van der Waals surface area contributed by atoms with E-state index in [1.807, 2.05) is 54.6 Å². The van der Waals surface area contributed by atoms with E-state index in [1.54, 1.807) is 11.9 Å². The van der Waals surface area contributed by atoms with Crippen LogP contribution in [0.3, 0.4) is 0 Å². The van der Waals surface area contributed by atoms with Crippen LogP contribution in [0, 0.1) is 0 Å². The summed E-state index contributed by atoms with van der Waals surface area (Å²) >= 11 is 0. The number of carbonyl (C=O) groups is 1. The summed E-state index contributed by atoms with van der Waals surface area (Å²) in [4.78, 5) is 12.4. The lowest BCUT2D eigenvalue weighted by atomic mass is 10.1. The highest BCUT2D eigenvalue weighted by Gasteiger charge is 2.04. The van der Waals surface area contributed by atoms with Crippen LogP contribution >= 0.6 is 12.4 Å². The van der Waals surface area contributed by atoms with E-state index in [2.05, 4.69) is 0 Å². The maximum atomic E-state index is 10.6. The molecule has 2 aromatic carbocycles. The zero-order valence-electron chi connectivity index (χ0n) is 12.4. The zero-order valence-corrected chi connectivity index (χ0v) is 13.3. The summed E-state index contributed by atoms with van der Waals surface area (Å²) in [5.74, 6) is 0.805. The fourth-order valence-electron chi connectivity index (χ4n) is 1.98. The maximum Gasteiger partial charge on any atom is 0.317 e. The minimum atomic E-state index is -0.802. The molecule has 0 spiro atoms. The van der Waals surface area contributed by atoms with Crippen LogP contribution in [0.15, 0.2) is 54.6 Å². The average molecular weight is 322 g/mol. The normalized spacial score (nSPS) is 10.1. The molecule has 0 radical (unpaired) electrons. The molecule has 0 aliphatic heterocycles. The molecule has 5 heteroatoms. The van der Waals surface area contributed by atoms with Gasteiger partial charge in [0, 0.05) is 6.54 Å². The van der Waals surface area contributed by atoms with Gasteiger partial charge >= 0.3 is 5.97 Å². The second-order valence-electron chi connectivity index (χ2n) is 4.94. The number of para-hydroxylation sites is 1. The maximum absolute atomic E-state index is 10.6. The largest absolute Gasteiger partial charge is 0.480 e. The van der Waals surface area contributed by atoms with E-state index >= 15 is 0 Å². The van der Waals surface area contributed by atoms with E-state index < -0.39 is 5.97 Å². The highest BCUT2D eigenvalue weighted by molar-refractivity contribution is 5.85. The lowest BCUT2D eigenvalue weighted by molar-refractivity contribution is -0.137. The smallest absolute Gasteiger partial charge is 0.317 e. The second-order valence-corrected chi connectivity index (χ2v) is 4.94. The first-order valence-electron chi connectivity index (χ1n) is 6.85. The molecule has 0 saturated carbocycles. The first kappa shape index (κ1) is 18.0. The van der Waals surface area contributed by atoms with Crippen LogP contribution in [0.25, 0.3) is 0 Å². The Labute approximate surface area is 136 Å². The van der Waals surface area contributed by atoms with Crippen LogP contribution in [0.4, 0.5) is 0 Å². The molecule has 0 unspecified atom stereocenters. The van der Waals surface area contributed by atoms with Crippen molar-refractivity contribution in [3.05, 3.63) is 60.2 Å². The monoisotopic (exact) mass is 321 g/mol. The van der Waals surface area contributed by atoms with Gasteiger partial charge in [-0.25, -0.2) is 0 Å². The third kappa shape index (κ3) is 6.16. The fourth-order valence-corrected chi connectivity index (χ4v) is 1.98. The minimum Gasteiger partial charge on any atom is -0.480 e. The predicted molar refractivity (Wildman–Crippen MR) is 89.0 cm³/mol. The highest BCUT2D eigenvalue weighted by atomic mass is 35.5. The van der Waals surface area contributed by atoms with Crippen LogP contribution in [-0.4, -0.2) is 36.1 Å². The Hall–Kier alpha value is -2.04. The Balaban J connectivity index is 0.00000242. The molecule has 2 rings (SSSR count). The first-order chi connectivity index (χ1) is 10.1. The quantitative estimate of drug-likeness (QED) is 0.848. The van der Waals surface area contributed by atoms with Crippen LogP contribution in [0.1, 0.15) is 5.56 Å². The molecule has 0 saturated heterocycles. The number of halogens is 1. The molecular weight excluding hydrogens is 302 g/mol. The predicted octanol–water partition coefficient (Wildman–Crippen LogP) is 3.46. The Morgan fingerprint density at radius 2 is 1.64 bits per heavy atom. The molecule has 118 valence electrons. The van der Waals surface area contributed by atoms with Gasteiger partial charge in [0.2, 0.25) is 0 Å². The van der Waals surface area contributed by atoms with E-state index in [0.717, 1.165) is 23.5 Å². The number of nitrogens with zero attached hydrogens (tertiary/aromatic N) is 1. The lowest BCUT2D eigenvalue weighted by Crippen LogP contribution is -2.27. The molecule has 0 atom stereocenters.